The highest BCUT2D eigenvalue weighted by atomic mass is 32.1. The fraction of sp³-hybridized carbons (Fsp3) is 0.667. The molecule has 3 heterocycles. The highest BCUT2D eigenvalue weighted by molar-refractivity contribution is 7.08. The summed E-state index contributed by atoms with van der Waals surface area (Å²) in [5, 5.41) is 7.47. The van der Waals surface area contributed by atoms with Crippen molar-refractivity contribution in [1.82, 2.24) is 5.32 Å². The smallest absolute Gasteiger partial charge is 0.225 e. The Hall–Kier alpha value is -0.910. The van der Waals surface area contributed by atoms with Gasteiger partial charge in [-0.05, 0) is 41.7 Å². The molecule has 20 heavy (non-hydrogen) atoms. The number of rotatable bonds is 4. The van der Waals surface area contributed by atoms with Crippen LogP contribution in [-0.2, 0) is 19.7 Å². The molecule has 1 N–H and O–H groups in total. The normalized spacial score (nSPS) is 25.5. The van der Waals surface area contributed by atoms with Gasteiger partial charge in [0.05, 0.1) is 12.5 Å². The van der Waals surface area contributed by atoms with E-state index in [1.807, 2.05) is 0 Å². The Balaban J connectivity index is 1.66. The van der Waals surface area contributed by atoms with Crippen molar-refractivity contribution in [2.24, 2.45) is 5.92 Å². The van der Waals surface area contributed by atoms with E-state index in [2.05, 4.69) is 22.1 Å². The van der Waals surface area contributed by atoms with E-state index in [1.165, 1.54) is 5.56 Å². The number of nitrogens with one attached hydrogen (secondary N) is 1. The zero-order chi connectivity index (χ0) is 13.8. The van der Waals surface area contributed by atoms with Crippen LogP contribution in [0.2, 0.25) is 0 Å². The molecule has 1 aromatic rings. The summed E-state index contributed by atoms with van der Waals surface area (Å²) in [6, 6.07) is 2.18. The monoisotopic (exact) mass is 295 g/mol. The summed E-state index contributed by atoms with van der Waals surface area (Å²) >= 11 is 1.72. The Morgan fingerprint density at radius 3 is 2.85 bits per heavy atom. The second-order valence-electron chi connectivity index (χ2n) is 5.68. The Morgan fingerprint density at radius 1 is 1.35 bits per heavy atom. The lowest BCUT2D eigenvalue weighted by molar-refractivity contribution is -0.125. The van der Waals surface area contributed by atoms with E-state index in [0.717, 1.165) is 32.5 Å². The number of hydrogen-bond acceptors (Lipinski definition) is 4. The standard InChI is InChI=1S/C15H21NO3S/c17-14(12-1-5-19-9-12)16-11-15(3-6-18-7-4-15)13-2-8-20-10-13/h2,8,10,12H,1,3-7,9,11H2,(H,16,17). The number of ether oxygens (including phenoxy) is 2. The van der Waals surface area contributed by atoms with E-state index < -0.39 is 0 Å². The average Bonchev–Trinajstić information content (AvgIpc) is 3.18. The number of carbonyl (C=O) groups excluding carboxylic acids is 1. The van der Waals surface area contributed by atoms with Crippen molar-refractivity contribution in [2.75, 3.05) is 33.0 Å². The van der Waals surface area contributed by atoms with Crippen molar-refractivity contribution >= 4 is 17.2 Å². The van der Waals surface area contributed by atoms with Gasteiger partial charge in [-0.15, -0.1) is 0 Å². The van der Waals surface area contributed by atoms with Gasteiger partial charge in [-0.1, -0.05) is 0 Å². The minimum atomic E-state index is 0.0364. The molecule has 0 aromatic carbocycles. The lowest BCUT2D eigenvalue weighted by Crippen LogP contribution is -2.45. The number of amides is 1. The van der Waals surface area contributed by atoms with E-state index in [-0.39, 0.29) is 17.2 Å². The molecule has 0 aliphatic carbocycles. The van der Waals surface area contributed by atoms with E-state index >= 15 is 0 Å². The molecule has 0 saturated carbocycles. The third kappa shape index (κ3) is 2.90. The molecule has 4 nitrogen and oxygen atoms in total. The first-order valence-corrected chi connectivity index (χ1v) is 8.20. The van der Waals surface area contributed by atoms with Crippen LogP contribution in [0, 0.1) is 5.92 Å². The first kappa shape index (κ1) is 14.0. The van der Waals surface area contributed by atoms with Crippen LogP contribution in [0.3, 0.4) is 0 Å². The number of carbonyl (C=O) groups is 1. The molecule has 2 aliphatic heterocycles. The molecule has 1 atom stereocenters. The van der Waals surface area contributed by atoms with Crippen LogP contribution in [0.25, 0.3) is 0 Å². The van der Waals surface area contributed by atoms with Crippen LogP contribution in [0.5, 0.6) is 0 Å². The van der Waals surface area contributed by atoms with Crippen LogP contribution in [0.1, 0.15) is 24.8 Å². The van der Waals surface area contributed by atoms with Gasteiger partial charge in [-0.25, -0.2) is 0 Å². The van der Waals surface area contributed by atoms with Crippen LogP contribution in [0.4, 0.5) is 0 Å². The molecule has 0 spiro atoms. The maximum Gasteiger partial charge on any atom is 0.225 e. The molecule has 5 heteroatoms. The first-order valence-electron chi connectivity index (χ1n) is 7.26. The summed E-state index contributed by atoms with van der Waals surface area (Å²) in [6.45, 7) is 3.54. The quantitative estimate of drug-likeness (QED) is 0.923. The lowest BCUT2D eigenvalue weighted by Gasteiger charge is -2.37. The van der Waals surface area contributed by atoms with Gasteiger partial charge < -0.3 is 14.8 Å². The molecule has 3 rings (SSSR count). The fourth-order valence-electron chi connectivity index (χ4n) is 3.04. The van der Waals surface area contributed by atoms with E-state index in [9.17, 15) is 4.79 Å². The van der Waals surface area contributed by atoms with Crippen molar-refractivity contribution in [2.45, 2.75) is 24.7 Å². The Kier molecular flexibility index (Phi) is 4.38. The molecule has 2 aliphatic rings. The summed E-state index contributed by atoms with van der Waals surface area (Å²) in [4.78, 5) is 12.2. The van der Waals surface area contributed by atoms with Crippen molar-refractivity contribution in [3.05, 3.63) is 22.4 Å². The van der Waals surface area contributed by atoms with Crippen molar-refractivity contribution in [3.63, 3.8) is 0 Å². The van der Waals surface area contributed by atoms with Gasteiger partial charge in [-0.3, -0.25) is 4.79 Å². The minimum absolute atomic E-state index is 0.0364. The van der Waals surface area contributed by atoms with Crippen molar-refractivity contribution < 1.29 is 14.3 Å². The summed E-state index contributed by atoms with van der Waals surface area (Å²) < 4.78 is 10.8. The van der Waals surface area contributed by atoms with E-state index in [0.29, 0.717) is 19.8 Å². The number of hydrogen-bond donors (Lipinski definition) is 1. The summed E-state index contributed by atoms with van der Waals surface area (Å²) in [5.74, 6) is 0.179. The van der Waals surface area contributed by atoms with Crippen LogP contribution >= 0.6 is 11.3 Å². The van der Waals surface area contributed by atoms with Gasteiger partial charge in [-0.2, -0.15) is 11.3 Å². The Bertz CT molecular complexity index is 434. The summed E-state index contributed by atoms with van der Waals surface area (Å²) in [5.41, 5.74) is 1.39. The predicted octanol–water partition coefficient (Wildman–Crippen LogP) is 1.95. The van der Waals surface area contributed by atoms with Gasteiger partial charge in [0.15, 0.2) is 0 Å². The van der Waals surface area contributed by atoms with Gasteiger partial charge in [0.25, 0.3) is 0 Å². The molecule has 1 amide bonds. The van der Waals surface area contributed by atoms with Gasteiger partial charge in [0.1, 0.15) is 0 Å². The fourth-order valence-corrected chi connectivity index (χ4v) is 3.82. The topological polar surface area (TPSA) is 47.6 Å². The SMILES string of the molecule is O=C(NCC1(c2ccsc2)CCOCC1)C1CCOC1. The van der Waals surface area contributed by atoms with E-state index in [4.69, 9.17) is 9.47 Å². The molecular weight excluding hydrogens is 274 g/mol. The second kappa shape index (κ2) is 6.24. The van der Waals surface area contributed by atoms with Crippen LogP contribution in [-0.4, -0.2) is 38.9 Å². The summed E-state index contributed by atoms with van der Waals surface area (Å²) in [7, 11) is 0. The first-order chi connectivity index (χ1) is 9.80. The molecule has 1 unspecified atom stereocenters. The summed E-state index contributed by atoms with van der Waals surface area (Å²) in [6.07, 6.45) is 2.80. The zero-order valence-electron chi connectivity index (χ0n) is 11.6. The predicted molar refractivity (Wildman–Crippen MR) is 78.0 cm³/mol. The van der Waals surface area contributed by atoms with Crippen molar-refractivity contribution in [3.8, 4) is 0 Å². The molecule has 2 saturated heterocycles. The second-order valence-corrected chi connectivity index (χ2v) is 6.46. The third-order valence-electron chi connectivity index (χ3n) is 4.48. The highest BCUT2D eigenvalue weighted by Crippen LogP contribution is 2.35. The van der Waals surface area contributed by atoms with Crippen molar-refractivity contribution in [1.29, 1.82) is 0 Å². The maximum atomic E-state index is 12.2. The van der Waals surface area contributed by atoms with Gasteiger partial charge >= 0.3 is 0 Å². The van der Waals surface area contributed by atoms with E-state index in [1.54, 1.807) is 11.3 Å². The third-order valence-corrected chi connectivity index (χ3v) is 5.17. The van der Waals surface area contributed by atoms with Gasteiger partial charge in [0, 0.05) is 31.8 Å². The molecular formula is C15H21NO3S. The zero-order valence-corrected chi connectivity index (χ0v) is 12.4. The molecule has 1 aromatic heterocycles. The van der Waals surface area contributed by atoms with Crippen LogP contribution in [0.15, 0.2) is 16.8 Å². The molecule has 0 radical (unpaired) electrons. The average molecular weight is 295 g/mol. The largest absolute Gasteiger partial charge is 0.381 e. The highest BCUT2D eigenvalue weighted by Gasteiger charge is 2.36. The maximum absolute atomic E-state index is 12.2. The number of thiophene rings is 1. The Labute approximate surface area is 123 Å². The van der Waals surface area contributed by atoms with Crippen LogP contribution < -0.4 is 5.32 Å². The Morgan fingerprint density at radius 2 is 2.20 bits per heavy atom. The molecule has 2 fully saturated rings. The lowest BCUT2D eigenvalue weighted by atomic mass is 9.75. The molecule has 110 valence electrons. The molecule has 0 bridgehead atoms. The minimum Gasteiger partial charge on any atom is -0.381 e. The van der Waals surface area contributed by atoms with Gasteiger partial charge in [0.2, 0.25) is 5.91 Å².